The maximum atomic E-state index is 12.9. The number of rotatable bonds is 10. The Balaban J connectivity index is 1.64. The van der Waals surface area contributed by atoms with Crippen LogP contribution in [-0.2, 0) is 26.2 Å². The number of hydrogen-bond acceptors (Lipinski definition) is 4. The zero-order valence-corrected chi connectivity index (χ0v) is 18.6. The Hall–Kier alpha value is -2.71. The Bertz CT molecular complexity index is 1000. The molecule has 2 aromatic rings. The molecule has 1 aliphatic carbocycles. The van der Waals surface area contributed by atoms with E-state index in [1.807, 2.05) is 32.0 Å². The van der Waals surface area contributed by atoms with Gasteiger partial charge in [-0.1, -0.05) is 56.3 Å². The van der Waals surface area contributed by atoms with E-state index in [-0.39, 0.29) is 35.2 Å². The fraction of sp³-hybridized carbons (Fsp3) is 0.391. The van der Waals surface area contributed by atoms with Crippen molar-refractivity contribution in [3.05, 3.63) is 65.7 Å². The van der Waals surface area contributed by atoms with Gasteiger partial charge in [0, 0.05) is 19.0 Å². The van der Waals surface area contributed by atoms with E-state index in [0.717, 1.165) is 18.4 Å². The van der Waals surface area contributed by atoms with Gasteiger partial charge in [0.15, 0.2) is 0 Å². The molecule has 2 aromatic carbocycles. The van der Waals surface area contributed by atoms with Crippen LogP contribution in [0.1, 0.15) is 50.3 Å². The number of amides is 2. The first-order valence-electron chi connectivity index (χ1n) is 10.5. The predicted molar refractivity (Wildman–Crippen MR) is 118 cm³/mol. The highest BCUT2D eigenvalue weighted by Gasteiger charge is 2.28. The fourth-order valence-electron chi connectivity index (χ4n) is 3.10. The number of benzene rings is 2. The van der Waals surface area contributed by atoms with Crippen molar-refractivity contribution in [3.63, 3.8) is 0 Å². The van der Waals surface area contributed by atoms with Crippen LogP contribution in [0.4, 0.5) is 0 Å². The van der Waals surface area contributed by atoms with Crippen LogP contribution in [0.5, 0.6) is 0 Å². The van der Waals surface area contributed by atoms with E-state index in [2.05, 4.69) is 15.4 Å². The van der Waals surface area contributed by atoms with Crippen LogP contribution in [0.15, 0.2) is 59.5 Å². The van der Waals surface area contributed by atoms with Crippen LogP contribution < -0.4 is 15.4 Å². The molecule has 166 valence electrons. The van der Waals surface area contributed by atoms with Crippen LogP contribution in [0, 0.1) is 5.92 Å². The van der Waals surface area contributed by atoms with Crippen molar-refractivity contribution < 1.29 is 18.0 Å². The molecule has 3 rings (SSSR count). The molecule has 0 aromatic heterocycles. The van der Waals surface area contributed by atoms with E-state index < -0.39 is 16.1 Å². The minimum Gasteiger partial charge on any atom is -0.350 e. The minimum atomic E-state index is -3.50. The average Bonchev–Trinajstić information content (AvgIpc) is 3.54. The van der Waals surface area contributed by atoms with Gasteiger partial charge in [0.25, 0.3) is 0 Å². The summed E-state index contributed by atoms with van der Waals surface area (Å²) in [5, 5.41) is 5.65. The summed E-state index contributed by atoms with van der Waals surface area (Å²) in [6, 6.07) is 14.8. The highest BCUT2D eigenvalue weighted by Crippen LogP contribution is 2.22. The largest absolute Gasteiger partial charge is 0.350 e. The zero-order chi connectivity index (χ0) is 22.4. The van der Waals surface area contributed by atoms with Crippen molar-refractivity contribution in [2.45, 2.75) is 56.6 Å². The lowest BCUT2D eigenvalue weighted by atomic mass is 10.0. The van der Waals surface area contributed by atoms with Gasteiger partial charge in [-0.15, -0.1) is 0 Å². The van der Waals surface area contributed by atoms with Crippen LogP contribution in [0.3, 0.4) is 0 Å². The molecule has 0 radical (unpaired) electrons. The molecular formula is C23H29N3O4S. The summed E-state index contributed by atoms with van der Waals surface area (Å²) in [6.45, 7) is 4.11. The van der Waals surface area contributed by atoms with Crippen LogP contribution in [0.25, 0.3) is 0 Å². The molecular weight excluding hydrogens is 414 g/mol. The molecule has 0 spiro atoms. The van der Waals surface area contributed by atoms with Crippen molar-refractivity contribution in [1.29, 1.82) is 0 Å². The second-order valence-electron chi connectivity index (χ2n) is 8.27. The van der Waals surface area contributed by atoms with Crippen LogP contribution >= 0.6 is 0 Å². The zero-order valence-electron chi connectivity index (χ0n) is 17.8. The van der Waals surface area contributed by atoms with Gasteiger partial charge >= 0.3 is 0 Å². The Kier molecular flexibility index (Phi) is 7.46. The third-order valence-electron chi connectivity index (χ3n) is 4.89. The molecule has 1 saturated carbocycles. The normalized spacial score (nSPS) is 14.8. The molecule has 0 bridgehead atoms. The molecule has 0 heterocycles. The molecule has 0 saturated heterocycles. The predicted octanol–water partition coefficient (Wildman–Crippen LogP) is 2.65. The molecule has 1 fully saturated rings. The Morgan fingerprint density at radius 3 is 2.23 bits per heavy atom. The van der Waals surface area contributed by atoms with E-state index in [1.54, 1.807) is 24.3 Å². The molecule has 3 N–H and O–H groups in total. The third-order valence-corrected chi connectivity index (χ3v) is 6.43. The second-order valence-corrected chi connectivity index (χ2v) is 9.98. The first-order chi connectivity index (χ1) is 14.7. The van der Waals surface area contributed by atoms with Gasteiger partial charge in [-0.2, -0.15) is 0 Å². The van der Waals surface area contributed by atoms with Gasteiger partial charge in [-0.05, 0) is 42.0 Å². The van der Waals surface area contributed by atoms with Gasteiger partial charge in [0.2, 0.25) is 21.8 Å². The van der Waals surface area contributed by atoms with Gasteiger partial charge < -0.3 is 10.6 Å². The summed E-state index contributed by atoms with van der Waals surface area (Å²) in [7, 11) is -3.50. The molecule has 0 aliphatic heterocycles. The summed E-state index contributed by atoms with van der Waals surface area (Å²) in [5.74, 6) is -0.323. The summed E-state index contributed by atoms with van der Waals surface area (Å²) in [4.78, 5) is 25.3. The van der Waals surface area contributed by atoms with Gasteiger partial charge in [-0.25, -0.2) is 13.1 Å². The highest BCUT2D eigenvalue weighted by atomic mass is 32.2. The Morgan fingerprint density at radius 1 is 1.00 bits per heavy atom. The van der Waals surface area contributed by atoms with Crippen molar-refractivity contribution in [2.24, 2.45) is 5.92 Å². The second kappa shape index (κ2) is 10.1. The molecule has 31 heavy (non-hydrogen) atoms. The first kappa shape index (κ1) is 23.0. The average molecular weight is 444 g/mol. The van der Waals surface area contributed by atoms with Gasteiger partial charge in [-0.3, -0.25) is 9.59 Å². The number of carbonyl (C=O) groups is 2. The summed E-state index contributed by atoms with van der Waals surface area (Å²) in [5.41, 5.74) is 1.46. The van der Waals surface area contributed by atoms with E-state index >= 15 is 0 Å². The lowest BCUT2D eigenvalue weighted by molar-refractivity contribution is -0.129. The molecule has 8 heteroatoms. The third kappa shape index (κ3) is 6.90. The monoisotopic (exact) mass is 443 g/mol. The maximum Gasteiger partial charge on any atom is 0.247 e. The summed E-state index contributed by atoms with van der Waals surface area (Å²) >= 11 is 0. The first-order valence-corrected chi connectivity index (χ1v) is 12.0. The van der Waals surface area contributed by atoms with Crippen molar-refractivity contribution >= 4 is 21.8 Å². The highest BCUT2D eigenvalue weighted by molar-refractivity contribution is 7.89. The molecule has 1 atom stereocenters. The van der Waals surface area contributed by atoms with Crippen LogP contribution in [0.2, 0.25) is 0 Å². The Labute approximate surface area is 183 Å². The SMILES string of the molecule is CC(C)CC(=O)NC(C(=O)NCc1ccc(S(=O)(=O)NC2CC2)cc1)c1ccccc1. The van der Waals surface area contributed by atoms with Gasteiger partial charge in [0.1, 0.15) is 6.04 Å². The number of nitrogens with one attached hydrogen (secondary N) is 3. The lowest BCUT2D eigenvalue weighted by Gasteiger charge is -2.19. The van der Waals surface area contributed by atoms with Gasteiger partial charge in [0.05, 0.1) is 4.90 Å². The van der Waals surface area contributed by atoms with E-state index in [0.29, 0.717) is 12.0 Å². The smallest absolute Gasteiger partial charge is 0.247 e. The summed E-state index contributed by atoms with van der Waals surface area (Å²) < 4.78 is 27.2. The standard InChI is InChI=1S/C23H29N3O4S/c1-16(2)14-21(27)25-22(18-6-4-3-5-7-18)23(28)24-15-17-8-12-20(13-9-17)31(29,30)26-19-10-11-19/h3-9,12-13,16,19,22,26H,10-11,14-15H2,1-2H3,(H,24,28)(H,25,27). The van der Waals surface area contributed by atoms with E-state index in [9.17, 15) is 18.0 Å². The minimum absolute atomic E-state index is 0.0461. The molecule has 2 amide bonds. The van der Waals surface area contributed by atoms with Crippen molar-refractivity contribution in [2.75, 3.05) is 0 Å². The van der Waals surface area contributed by atoms with Crippen LogP contribution in [-0.4, -0.2) is 26.3 Å². The number of sulfonamides is 1. The fourth-order valence-corrected chi connectivity index (χ4v) is 4.41. The molecule has 1 unspecified atom stereocenters. The van der Waals surface area contributed by atoms with Crippen molar-refractivity contribution in [1.82, 2.24) is 15.4 Å². The number of carbonyl (C=O) groups excluding carboxylic acids is 2. The lowest BCUT2D eigenvalue weighted by Crippen LogP contribution is -2.40. The van der Waals surface area contributed by atoms with E-state index in [1.165, 1.54) is 12.1 Å². The van der Waals surface area contributed by atoms with Crippen molar-refractivity contribution in [3.8, 4) is 0 Å². The van der Waals surface area contributed by atoms with E-state index in [4.69, 9.17) is 0 Å². The Morgan fingerprint density at radius 2 is 1.65 bits per heavy atom. The number of hydrogen-bond donors (Lipinski definition) is 3. The molecule has 7 nitrogen and oxygen atoms in total. The quantitative estimate of drug-likeness (QED) is 0.525. The topological polar surface area (TPSA) is 104 Å². The molecule has 1 aliphatic rings. The maximum absolute atomic E-state index is 12.9. The summed E-state index contributed by atoms with van der Waals surface area (Å²) in [6.07, 6.45) is 2.08.